The minimum Gasteiger partial charge on any atom is -0.497 e. The summed E-state index contributed by atoms with van der Waals surface area (Å²) in [7, 11) is 1.64. The number of aromatic nitrogens is 1. The molecular formula is C21H24N2O2. The van der Waals surface area contributed by atoms with E-state index in [0.29, 0.717) is 0 Å². The molecule has 25 heavy (non-hydrogen) atoms. The minimum absolute atomic E-state index is 0.0405. The van der Waals surface area contributed by atoms with Crippen molar-refractivity contribution < 1.29 is 9.53 Å². The van der Waals surface area contributed by atoms with E-state index in [1.807, 2.05) is 64.2 Å². The molecule has 0 bridgehead atoms. The monoisotopic (exact) mass is 336 g/mol. The van der Waals surface area contributed by atoms with E-state index in [-0.39, 0.29) is 5.91 Å². The molecular weight excluding hydrogens is 312 g/mol. The molecule has 4 heteroatoms. The number of carbonyl (C=O) groups excluding carboxylic acids is 1. The van der Waals surface area contributed by atoms with Gasteiger partial charge in [-0.25, -0.2) is 0 Å². The maximum Gasteiger partial charge on any atom is 0.234 e. The number of aromatic amines is 1. The highest BCUT2D eigenvalue weighted by Crippen LogP contribution is 2.33. The molecule has 130 valence electrons. The van der Waals surface area contributed by atoms with Crippen LogP contribution in [0.2, 0.25) is 0 Å². The van der Waals surface area contributed by atoms with Crippen molar-refractivity contribution in [1.29, 1.82) is 0 Å². The van der Waals surface area contributed by atoms with Crippen molar-refractivity contribution in [2.75, 3.05) is 12.4 Å². The fourth-order valence-corrected chi connectivity index (χ4v) is 3.20. The third kappa shape index (κ3) is 3.25. The van der Waals surface area contributed by atoms with E-state index in [1.54, 1.807) is 7.11 Å². The summed E-state index contributed by atoms with van der Waals surface area (Å²) in [6, 6.07) is 11.9. The van der Waals surface area contributed by atoms with E-state index in [1.165, 1.54) is 0 Å². The van der Waals surface area contributed by atoms with Gasteiger partial charge in [0.05, 0.1) is 12.5 Å². The third-order valence-electron chi connectivity index (χ3n) is 4.61. The van der Waals surface area contributed by atoms with Crippen LogP contribution < -0.4 is 10.1 Å². The summed E-state index contributed by atoms with van der Waals surface area (Å²) in [5, 5.41) is 4.06. The van der Waals surface area contributed by atoms with E-state index in [4.69, 9.17) is 4.74 Å². The Labute approximate surface area is 148 Å². The molecule has 0 radical (unpaired) electrons. The van der Waals surface area contributed by atoms with Crippen LogP contribution in [0.1, 0.15) is 30.5 Å². The number of nitrogens with one attached hydrogen (secondary N) is 2. The summed E-state index contributed by atoms with van der Waals surface area (Å²) in [6.07, 6.45) is 1.91. The SMILES string of the molecule is COc1ccc2[nH]cc(C(C)(C)C(=O)Nc3cc(C)cc(C)c3)c2c1. The number of rotatable bonds is 4. The van der Waals surface area contributed by atoms with Gasteiger partial charge >= 0.3 is 0 Å². The number of amides is 1. The molecule has 0 saturated heterocycles. The van der Waals surface area contributed by atoms with Gasteiger partial charge in [0.15, 0.2) is 0 Å². The second-order valence-electron chi connectivity index (χ2n) is 7.07. The lowest BCUT2D eigenvalue weighted by molar-refractivity contribution is -0.120. The van der Waals surface area contributed by atoms with Crippen LogP contribution in [0.15, 0.2) is 42.6 Å². The van der Waals surface area contributed by atoms with E-state index >= 15 is 0 Å². The lowest BCUT2D eigenvalue weighted by Crippen LogP contribution is -2.34. The molecule has 0 atom stereocenters. The number of ether oxygens (including phenoxy) is 1. The van der Waals surface area contributed by atoms with Crippen LogP contribution in [0, 0.1) is 13.8 Å². The van der Waals surface area contributed by atoms with Crippen molar-refractivity contribution in [1.82, 2.24) is 4.98 Å². The zero-order valence-corrected chi connectivity index (χ0v) is 15.4. The zero-order valence-electron chi connectivity index (χ0n) is 15.4. The number of hydrogen-bond donors (Lipinski definition) is 2. The van der Waals surface area contributed by atoms with Crippen LogP contribution in [0.4, 0.5) is 5.69 Å². The standard InChI is InChI=1S/C21H24N2O2/c1-13-8-14(2)10-15(9-13)23-20(24)21(3,4)18-12-22-19-7-6-16(25-5)11-17(18)19/h6-12,22H,1-5H3,(H,23,24). The number of anilines is 1. The van der Waals surface area contributed by atoms with Crippen LogP contribution in [0.3, 0.4) is 0 Å². The van der Waals surface area contributed by atoms with Gasteiger partial charge in [-0.15, -0.1) is 0 Å². The lowest BCUT2D eigenvalue weighted by atomic mass is 9.83. The molecule has 0 aliphatic heterocycles. The molecule has 4 nitrogen and oxygen atoms in total. The number of carbonyl (C=O) groups is 1. The predicted octanol–water partition coefficient (Wildman–Crippen LogP) is 4.71. The molecule has 0 fully saturated rings. The van der Waals surface area contributed by atoms with Gasteiger partial charge in [0.25, 0.3) is 0 Å². The molecule has 0 aliphatic rings. The van der Waals surface area contributed by atoms with Crippen molar-refractivity contribution >= 4 is 22.5 Å². The van der Waals surface area contributed by atoms with Crippen molar-refractivity contribution in [2.45, 2.75) is 33.1 Å². The average Bonchev–Trinajstić information content (AvgIpc) is 2.97. The van der Waals surface area contributed by atoms with Gasteiger partial charge in [0.2, 0.25) is 5.91 Å². The summed E-state index contributed by atoms with van der Waals surface area (Å²) in [5.41, 5.74) is 4.33. The van der Waals surface area contributed by atoms with Crippen molar-refractivity contribution in [3.63, 3.8) is 0 Å². The predicted molar refractivity (Wildman–Crippen MR) is 102 cm³/mol. The molecule has 1 aromatic heterocycles. The van der Waals surface area contributed by atoms with E-state index in [0.717, 1.165) is 39.0 Å². The van der Waals surface area contributed by atoms with Crippen LogP contribution >= 0.6 is 0 Å². The van der Waals surface area contributed by atoms with Gasteiger partial charge in [-0.3, -0.25) is 4.79 Å². The molecule has 2 N–H and O–H groups in total. The molecule has 3 rings (SSSR count). The largest absolute Gasteiger partial charge is 0.497 e. The number of hydrogen-bond acceptors (Lipinski definition) is 2. The summed E-state index contributed by atoms with van der Waals surface area (Å²) in [5.74, 6) is 0.736. The van der Waals surface area contributed by atoms with Crippen LogP contribution in [-0.4, -0.2) is 18.0 Å². The van der Waals surface area contributed by atoms with Crippen LogP contribution in [-0.2, 0) is 10.2 Å². The fourth-order valence-electron chi connectivity index (χ4n) is 3.20. The Morgan fingerprint density at radius 1 is 1.08 bits per heavy atom. The normalized spacial score (nSPS) is 11.6. The first-order valence-corrected chi connectivity index (χ1v) is 8.36. The highest BCUT2D eigenvalue weighted by molar-refractivity contribution is 6.02. The Kier molecular flexibility index (Phi) is 4.29. The molecule has 1 amide bonds. The molecule has 0 spiro atoms. The Morgan fingerprint density at radius 2 is 1.76 bits per heavy atom. The van der Waals surface area contributed by atoms with Gasteiger partial charge in [-0.1, -0.05) is 6.07 Å². The smallest absolute Gasteiger partial charge is 0.234 e. The Balaban J connectivity index is 1.96. The van der Waals surface area contributed by atoms with Gasteiger partial charge in [-0.2, -0.15) is 0 Å². The minimum atomic E-state index is -0.692. The molecule has 0 saturated carbocycles. The molecule has 2 aromatic carbocycles. The van der Waals surface area contributed by atoms with E-state index < -0.39 is 5.41 Å². The molecule has 3 aromatic rings. The molecule has 0 aliphatic carbocycles. The molecule has 0 unspecified atom stereocenters. The van der Waals surface area contributed by atoms with Crippen molar-refractivity contribution in [3.05, 3.63) is 59.3 Å². The van der Waals surface area contributed by atoms with Crippen LogP contribution in [0.25, 0.3) is 10.9 Å². The number of fused-ring (bicyclic) bond motifs is 1. The summed E-state index contributed by atoms with van der Waals surface area (Å²) >= 11 is 0. The quantitative estimate of drug-likeness (QED) is 0.725. The highest BCUT2D eigenvalue weighted by Gasteiger charge is 2.32. The first-order valence-electron chi connectivity index (χ1n) is 8.36. The maximum absolute atomic E-state index is 13.0. The second-order valence-corrected chi connectivity index (χ2v) is 7.07. The topological polar surface area (TPSA) is 54.1 Å². The summed E-state index contributed by atoms with van der Waals surface area (Å²) in [4.78, 5) is 16.2. The number of aryl methyl sites for hydroxylation is 2. The van der Waals surface area contributed by atoms with Crippen LogP contribution in [0.5, 0.6) is 5.75 Å². The number of H-pyrrole nitrogens is 1. The number of benzene rings is 2. The average molecular weight is 336 g/mol. The van der Waals surface area contributed by atoms with Gasteiger partial charge in [-0.05, 0) is 74.7 Å². The van der Waals surface area contributed by atoms with Crippen molar-refractivity contribution in [2.24, 2.45) is 0 Å². The fraction of sp³-hybridized carbons (Fsp3) is 0.286. The van der Waals surface area contributed by atoms with E-state index in [9.17, 15) is 4.79 Å². The first kappa shape index (κ1) is 17.1. The highest BCUT2D eigenvalue weighted by atomic mass is 16.5. The molecule has 1 heterocycles. The van der Waals surface area contributed by atoms with E-state index in [2.05, 4.69) is 16.4 Å². The maximum atomic E-state index is 13.0. The zero-order chi connectivity index (χ0) is 18.2. The Hall–Kier alpha value is -2.75. The summed E-state index contributed by atoms with van der Waals surface area (Å²) < 4.78 is 5.33. The third-order valence-corrected chi connectivity index (χ3v) is 4.61. The van der Waals surface area contributed by atoms with Gasteiger partial charge in [0.1, 0.15) is 5.75 Å². The number of methoxy groups -OCH3 is 1. The Bertz CT molecular complexity index is 918. The Morgan fingerprint density at radius 3 is 2.40 bits per heavy atom. The van der Waals surface area contributed by atoms with Gasteiger partial charge in [0, 0.05) is 22.8 Å². The van der Waals surface area contributed by atoms with Crippen molar-refractivity contribution in [3.8, 4) is 5.75 Å². The lowest BCUT2D eigenvalue weighted by Gasteiger charge is -2.24. The first-order chi connectivity index (χ1) is 11.8. The summed E-state index contributed by atoms with van der Waals surface area (Å²) in [6.45, 7) is 7.93. The van der Waals surface area contributed by atoms with Gasteiger partial charge < -0.3 is 15.0 Å². The second kappa shape index (κ2) is 6.28.